The van der Waals surface area contributed by atoms with Gasteiger partial charge in [-0.3, -0.25) is 0 Å². The zero-order valence-corrected chi connectivity index (χ0v) is 9.14. The van der Waals surface area contributed by atoms with Crippen LogP contribution >= 0.6 is 0 Å². The second kappa shape index (κ2) is 10.3. The van der Waals surface area contributed by atoms with Crippen LogP contribution in [0.15, 0.2) is 0 Å². The third kappa shape index (κ3) is 9.32. The lowest BCUT2D eigenvalue weighted by Gasteiger charge is -2.05. The fraction of sp³-hybridized carbons (Fsp3) is 0.900. The van der Waals surface area contributed by atoms with E-state index in [4.69, 9.17) is 5.73 Å². The lowest BCUT2D eigenvalue weighted by atomic mass is 10.2. The number of urea groups is 1. The number of nitrogens with two attached hydrogens (primary N) is 1. The van der Waals surface area contributed by atoms with Crippen LogP contribution in [0.5, 0.6) is 0 Å². The molecule has 0 saturated carbocycles. The van der Waals surface area contributed by atoms with Crippen LogP contribution < -0.4 is 16.4 Å². The third-order valence-corrected chi connectivity index (χ3v) is 1.95. The highest BCUT2D eigenvalue weighted by atomic mass is 16.2. The topological polar surface area (TPSA) is 67.2 Å². The standard InChI is InChI=1S/C10H23N3O/c1-2-8-12-10(14)13-9-6-4-3-5-7-11/h2-9,11H2,1H3,(H2,12,13,14). The first-order valence-electron chi connectivity index (χ1n) is 5.53. The normalized spacial score (nSPS) is 9.86. The number of carbonyl (C=O) groups excluding carboxylic acids is 1. The van der Waals surface area contributed by atoms with Gasteiger partial charge in [0.15, 0.2) is 0 Å². The summed E-state index contributed by atoms with van der Waals surface area (Å²) in [5.74, 6) is 0. The summed E-state index contributed by atoms with van der Waals surface area (Å²) in [6.45, 7) is 4.32. The molecule has 0 aromatic carbocycles. The Bertz CT molecular complexity index is 139. The smallest absolute Gasteiger partial charge is 0.314 e. The van der Waals surface area contributed by atoms with E-state index in [1.54, 1.807) is 0 Å². The van der Waals surface area contributed by atoms with Crippen molar-refractivity contribution < 1.29 is 4.79 Å². The van der Waals surface area contributed by atoms with E-state index < -0.39 is 0 Å². The van der Waals surface area contributed by atoms with E-state index in [0.29, 0.717) is 0 Å². The van der Waals surface area contributed by atoms with E-state index in [-0.39, 0.29) is 6.03 Å². The van der Waals surface area contributed by atoms with Crippen LogP contribution in [-0.4, -0.2) is 25.7 Å². The average molecular weight is 201 g/mol. The SMILES string of the molecule is CCCNC(=O)NCCCCCCN. The van der Waals surface area contributed by atoms with Crippen molar-refractivity contribution in [2.75, 3.05) is 19.6 Å². The van der Waals surface area contributed by atoms with E-state index in [0.717, 1.165) is 51.7 Å². The van der Waals surface area contributed by atoms with Crippen LogP contribution in [-0.2, 0) is 0 Å². The minimum absolute atomic E-state index is 0.0503. The number of hydrogen-bond donors (Lipinski definition) is 3. The molecular formula is C10H23N3O. The number of unbranched alkanes of at least 4 members (excludes halogenated alkanes) is 3. The molecule has 4 N–H and O–H groups in total. The number of nitrogens with one attached hydrogen (secondary N) is 2. The zero-order chi connectivity index (χ0) is 10.6. The second-order valence-electron chi connectivity index (χ2n) is 3.39. The summed E-state index contributed by atoms with van der Waals surface area (Å²) in [7, 11) is 0. The van der Waals surface area contributed by atoms with Crippen LogP contribution in [0.1, 0.15) is 39.0 Å². The summed E-state index contributed by atoms with van der Waals surface area (Å²) in [5.41, 5.74) is 5.37. The molecule has 2 amide bonds. The van der Waals surface area contributed by atoms with E-state index in [1.807, 2.05) is 6.92 Å². The van der Waals surface area contributed by atoms with Crippen molar-refractivity contribution in [2.24, 2.45) is 5.73 Å². The maximum absolute atomic E-state index is 11.0. The second-order valence-corrected chi connectivity index (χ2v) is 3.39. The molecular weight excluding hydrogens is 178 g/mol. The Balaban J connectivity index is 3.07. The Morgan fingerprint density at radius 1 is 1.07 bits per heavy atom. The molecule has 0 bridgehead atoms. The highest BCUT2D eigenvalue weighted by Gasteiger charge is 1.96. The van der Waals surface area contributed by atoms with Crippen molar-refractivity contribution >= 4 is 6.03 Å². The van der Waals surface area contributed by atoms with E-state index >= 15 is 0 Å². The van der Waals surface area contributed by atoms with Gasteiger partial charge < -0.3 is 16.4 Å². The fourth-order valence-electron chi connectivity index (χ4n) is 1.13. The van der Waals surface area contributed by atoms with Gasteiger partial charge >= 0.3 is 6.03 Å². The largest absolute Gasteiger partial charge is 0.338 e. The van der Waals surface area contributed by atoms with Gasteiger partial charge in [-0.1, -0.05) is 19.8 Å². The van der Waals surface area contributed by atoms with Gasteiger partial charge in [0.25, 0.3) is 0 Å². The zero-order valence-electron chi connectivity index (χ0n) is 9.14. The Kier molecular flexibility index (Phi) is 9.74. The molecule has 0 rings (SSSR count). The van der Waals surface area contributed by atoms with Crippen molar-refractivity contribution in [2.45, 2.75) is 39.0 Å². The molecule has 0 aromatic heterocycles. The van der Waals surface area contributed by atoms with Gasteiger partial charge in [0.05, 0.1) is 0 Å². The van der Waals surface area contributed by atoms with Crippen molar-refractivity contribution in [3.8, 4) is 0 Å². The van der Waals surface area contributed by atoms with Crippen molar-refractivity contribution in [3.63, 3.8) is 0 Å². The van der Waals surface area contributed by atoms with E-state index in [2.05, 4.69) is 10.6 Å². The summed E-state index contributed by atoms with van der Waals surface area (Å²) in [6, 6.07) is -0.0503. The molecule has 4 heteroatoms. The highest BCUT2D eigenvalue weighted by Crippen LogP contribution is 1.96. The lowest BCUT2D eigenvalue weighted by molar-refractivity contribution is 0.240. The maximum atomic E-state index is 11.0. The average Bonchev–Trinajstić information content (AvgIpc) is 2.20. The van der Waals surface area contributed by atoms with Gasteiger partial charge in [0, 0.05) is 13.1 Å². The number of amides is 2. The molecule has 0 spiro atoms. The number of hydrogen-bond acceptors (Lipinski definition) is 2. The molecule has 0 unspecified atom stereocenters. The molecule has 0 radical (unpaired) electrons. The summed E-state index contributed by atoms with van der Waals surface area (Å²) in [4.78, 5) is 11.0. The predicted molar refractivity (Wildman–Crippen MR) is 59.2 cm³/mol. The molecule has 0 heterocycles. The van der Waals surface area contributed by atoms with Crippen LogP contribution in [0.25, 0.3) is 0 Å². The van der Waals surface area contributed by atoms with Crippen molar-refractivity contribution in [1.29, 1.82) is 0 Å². The van der Waals surface area contributed by atoms with Crippen LogP contribution in [0.3, 0.4) is 0 Å². The Morgan fingerprint density at radius 2 is 1.71 bits per heavy atom. The molecule has 14 heavy (non-hydrogen) atoms. The van der Waals surface area contributed by atoms with E-state index in [9.17, 15) is 4.79 Å². The first-order chi connectivity index (χ1) is 6.81. The minimum atomic E-state index is -0.0503. The van der Waals surface area contributed by atoms with Crippen LogP contribution in [0.4, 0.5) is 4.79 Å². The van der Waals surface area contributed by atoms with Gasteiger partial charge in [-0.25, -0.2) is 4.79 Å². The Morgan fingerprint density at radius 3 is 2.36 bits per heavy atom. The Labute approximate surface area is 86.6 Å². The molecule has 0 saturated heterocycles. The molecule has 84 valence electrons. The lowest BCUT2D eigenvalue weighted by Crippen LogP contribution is -2.36. The fourth-order valence-corrected chi connectivity index (χ4v) is 1.13. The summed E-state index contributed by atoms with van der Waals surface area (Å²) < 4.78 is 0. The van der Waals surface area contributed by atoms with Gasteiger partial charge in [-0.05, 0) is 25.8 Å². The predicted octanol–water partition coefficient (Wildman–Crippen LogP) is 1.21. The monoisotopic (exact) mass is 201 g/mol. The Hall–Kier alpha value is -0.770. The van der Waals surface area contributed by atoms with Crippen LogP contribution in [0.2, 0.25) is 0 Å². The van der Waals surface area contributed by atoms with Crippen molar-refractivity contribution in [1.82, 2.24) is 10.6 Å². The van der Waals surface area contributed by atoms with Crippen molar-refractivity contribution in [3.05, 3.63) is 0 Å². The van der Waals surface area contributed by atoms with E-state index in [1.165, 1.54) is 0 Å². The molecule has 4 nitrogen and oxygen atoms in total. The number of rotatable bonds is 8. The summed E-state index contributed by atoms with van der Waals surface area (Å²) in [6.07, 6.45) is 5.41. The van der Waals surface area contributed by atoms with Gasteiger partial charge in [-0.2, -0.15) is 0 Å². The first-order valence-corrected chi connectivity index (χ1v) is 5.53. The minimum Gasteiger partial charge on any atom is -0.338 e. The molecule has 0 aromatic rings. The van der Waals surface area contributed by atoms with Gasteiger partial charge in [0.2, 0.25) is 0 Å². The molecule has 0 aliphatic heterocycles. The molecule has 0 aliphatic carbocycles. The third-order valence-electron chi connectivity index (χ3n) is 1.95. The molecule has 0 aliphatic rings. The molecule has 0 atom stereocenters. The highest BCUT2D eigenvalue weighted by molar-refractivity contribution is 5.73. The number of carbonyl (C=O) groups is 1. The molecule has 0 fully saturated rings. The first kappa shape index (κ1) is 13.2. The maximum Gasteiger partial charge on any atom is 0.314 e. The summed E-state index contributed by atoms with van der Waals surface area (Å²) in [5, 5.41) is 5.58. The van der Waals surface area contributed by atoms with Gasteiger partial charge in [-0.15, -0.1) is 0 Å². The van der Waals surface area contributed by atoms with Gasteiger partial charge in [0.1, 0.15) is 0 Å². The summed E-state index contributed by atoms with van der Waals surface area (Å²) >= 11 is 0. The quantitative estimate of drug-likeness (QED) is 0.517. The van der Waals surface area contributed by atoms with Crippen LogP contribution in [0, 0.1) is 0 Å².